The number of carbonyl (C=O) groups excluding carboxylic acids is 2. The molecule has 43 heavy (non-hydrogen) atoms. The Bertz CT molecular complexity index is 593. The predicted octanol–water partition coefficient (Wildman–Crippen LogP) is 11.4. The summed E-state index contributed by atoms with van der Waals surface area (Å²) >= 11 is 0. The minimum Gasteiger partial charge on any atom is -0.462 e. The maximum Gasteiger partial charge on any atom is 0.306 e. The lowest BCUT2D eigenvalue weighted by molar-refractivity contribution is -0.161. The van der Waals surface area contributed by atoms with Gasteiger partial charge < -0.3 is 14.6 Å². The number of unbranched alkanes of at least 4 members (excludes halogenated alkanes) is 23. The Morgan fingerprint density at radius 3 is 1.30 bits per heavy atom. The van der Waals surface area contributed by atoms with Gasteiger partial charge >= 0.3 is 11.9 Å². The first-order valence-electron chi connectivity index (χ1n) is 19.0. The smallest absolute Gasteiger partial charge is 0.306 e. The minimum absolute atomic E-state index is 0.0580. The van der Waals surface area contributed by atoms with Crippen molar-refractivity contribution in [3.63, 3.8) is 0 Å². The van der Waals surface area contributed by atoms with Gasteiger partial charge in [0.1, 0.15) is 6.61 Å². The third-order valence-corrected chi connectivity index (χ3v) is 8.94. The Hall–Kier alpha value is -1.10. The van der Waals surface area contributed by atoms with Gasteiger partial charge in [-0.15, -0.1) is 0 Å². The zero-order valence-electron chi connectivity index (χ0n) is 29.2. The van der Waals surface area contributed by atoms with Crippen LogP contribution in [0.4, 0.5) is 0 Å². The third-order valence-electron chi connectivity index (χ3n) is 8.94. The maximum absolute atomic E-state index is 12.1. The van der Waals surface area contributed by atoms with Gasteiger partial charge in [0, 0.05) is 12.8 Å². The van der Waals surface area contributed by atoms with Crippen molar-refractivity contribution >= 4 is 11.9 Å². The Kier molecular flexibility index (Phi) is 32.9. The van der Waals surface area contributed by atoms with E-state index in [2.05, 4.69) is 20.8 Å². The van der Waals surface area contributed by atoms with Crippen molar-refractivity contribution < 1.29 is 24.2 Å². The molecule has 0 saturated carbocycles. The molecule has 5 heteroatoms. The van der Waals surface area contributed by atoms with Crippen molar-refractivity contribution in [2.45, 2.75) is 213 Å². The van der Waals surface area contributed by atoms with Crippen LogP contribution in [0.3, 0.4) is 0 Å². The lowest BCUT2D eigenvalue weighted by Crippen LogP contribution is -2.28. The SMILES string of the molecule is CCCCCCCCCCCCCC(=O)OC[C@H](CO)OC(=O)CCCCCCCCCCCCCCCCC(C)CC. The summed E-state index contributed by atoms with van der Waals surface area (Å²) in [6.07, 6.45) is 34.4. The molecule has 1 unspecified atom stereocenters. The molecule has 0 bridgehead atoms. The molecule has 0 aliphatic rings. The van der Waals surface area contributed by atoms with Gasteiger partial charge in [-0.2, -0.15) is 0 Å². The zero-order chi connectivity index (χ0) is 31.6. The van der Waals surface area contributed by atoms with Crippen molar-refractivity contribution in [1.82, 2.24) is 0 Å². The van der Waals surface area contributed by atoms with Crippen LogP contribution in [0.5, 0.6) is 0 Å². The van der Waals surface area contributed by atoms with Crippen LogP contribution in [-0.2, 0) is 19.1 Å². The van der Waals surface area contributed by atoms with E-state index >= 15 is 0 Å². The van der Waals surface area contributed by atoms with Crippen LogP contribution >= 0.6 is 0 Å². The highest BCUT2D eigenvalue weighted by Crippen LogP contribution is 2.16. The molecule has 0 aliphatic carbocycles. The van der Waals surface area contributed by atoms with E-state index in [1.807, 2.05) is 0 Å². The topological polar surface area (TPSA) is 72.8 Å². The number of hydrogen-bond donors (Lipinski definition) is 1. The summed E-state index contributed by atoms with van der Waals surface area (Å²) in [4.78, 5) is 24.2. The average molecular weight is 611 g/mol. The van der Waals surface area contributed by atoms with Crippen molar-refractivity contribution in [2.75, 3.05) is 13.2 Å². The number of hydrogen-bond acceptors (Lipinski definition) is 5. The van der Waals surface area contributed by atoms with E-state index in [1.165, 1.54) is 135 Å². The second-order valence-electron chi connectivity index (χ2n) is 13.3. The number of carbonyl (C=O) groups is 2. The standard InChI is InChI=1S/C38H74O5/c1-4-6-7-8-9-10-15-19-22-25-28-31-37(40)42-34-36(33-39)43-38(41)32-29-26-23-20-17-14-12-11-13-16-18-21-24-27-30-35(3)5-2/h35-36,39H,4-34H2,1-3H3/t35?,36-/m0/s1. The molecular formula is C38H74O5. The number of aliphatic hydroxyl groups excluding tert-OH is 1. The summed E-state index contributed by atoms with van der Waals surface area (Å²) in [5.74, 6) is 0.323. The van der Waals surface area contributed by atoms with E-state index in [0.717, 1.165) is 44.4 Å². The third kappa shape index (κ3) is 32.1. The highest BCUT2D eigenvalue weighted by atomic mass is 16.6. The monoisotopic (exact) mass is 611 g/mol. The molecule has 0 radical (unpaired) electrons. The maximum atomic E-state index is 12.1. The van der Waals surface area contributed by atoms with Gasteiger partial charge in [-0.05, 0) is 18.8 Å². The summed E-state index contributed by atoms with van der Waals surface area (Å²) in [5.41, 5.74) is 0. The first kappa shape index (κ1) is 41.9. The summed E-state index contributed by atoms with van der Waals surface area (Å²) in [6.45, 7) is 6.53. The normalized spacial score (nSPS) is 12.7. The number of rotatable bonds is 34. The van der Waals surface area contributed by atoms with E-state index in [9.17, 15) is 14.7 Å². The molecule has 2 atom stereocenters. The lowest BCUT2D eigenvalue weighted by atomic mass is 9.99. The Morgan fingerprint density at radius 1 is 0.535 bits per heavy atom. The van der Waals surface area contributed by atoms with Gasteiger partial charge in [0.2, 0.25) is 0 Å². The fourth-order valence-corrected chi connectivity index (χ4v) is 5.65. The van der Waals surface area contributed by atoms with Crippen molar-refractivity contribution in [3.05, 3.63) is 0 Å². The molecular weight excluding hydrogens is 536 g/mol. The van der Waals surface area contributed by atoms with Crippen LogP contribution < -0.4 is 0 Å². The molecule has 0 fully saturated rings. The van der Waals surface area contributed by atoms with Crippen molar-refractivity contribution in [1.29, 1.82) is 0 Å². The van der Waals surface area contributed by atoms with Crippen molar-refractivity contribution in [3.8, 4) is 0 Å². The molecule has 0 saturated heterocycles. The zero-order valence-corrected chi connectivity index (χ0v) is 29.2. The fraction of sp³-hybridized carbons (Fsp3) is 0.947. The fourth-order valence-electron chi connectivity index (χ4n) is 5.65. The van der Waals surface area contributed by atoms with Crippen molar-refractivity contribution in [2.24, 2.45) is 5.92 Å². The Labute approximate surface area is 268 Å². The highest BCUT2D eigenvalue weighted by Gasteiger charge is 2.16. The van der Waals surface area contributed by atoms with Crippen LogP contribution in [0.15, 0.2) is 0 Å². The summed E-state index contributed by atoms with van der Waals surface area (Å²) < 4.78 is 10.6. The molecule has 0 aromatic rings. The average Bonchev–Trinajstić information content (AvgIpc) is 3.01. The van der Waals surface area contributed by atoms with Crippen LogP contribution in [0.2, 0.25) is 0 Å². The molecule has 0 spiro atoms. The highest BCUT2D eigenvalue weighted by molar-refractivity contribution is 5.70. The first-order valence-corrected chi connectivity index (χ1v) is 19.0. The largest absolute Gasteiger partial charge is 0.462 e. The van der Waals surface area contributed by atoms with E-state index in [1.54, 1.807) is 0 Å². The van der Waals surface area contributed by atoms with E-state index in [0.29, 0.717) is 12.8 Å². The summed E-state index contributed by atoms with van der Waals surface area (Å²) in [5, 5.41) is 9.52. The second-order valence-corrected chi connectivity index (χ2v) is 13.3. The quantitative estimate of drug-likeness (QED) is 0.0579. The van der Waals surface area contributed by atoms with E-state index in [-0.39, 0.29) is 25.2 Å². The summed E-state index contributed by atoms with van der Waals surface area (Å²) in [6, 6.07) is 0. The van der Waals surface area contributed by atoms with E-state index < -0.39 is 6.10 Å². The molecule has 0 aromatic carbocycles. The number of esters is 2. The molecule has 0 amide bonds. The van der Waals surface area contributed by atoms with Gasteiger partial charge in [0.15, 0.2) is 6.10 Å². The molecule has 0 rings (SSSR count). The molecule has 0 aromatic heterocycles. The number of aliphatic hydroxyl groups is 1. The molecule has 0 heterocycles. The Morgan fingerprint density at radius 2 is 0.907 bits per heavy atom. The van der Waals surface area contributed by atoms with Gasteiger partial charge in [0.25, 0.3) is 0 Å². The Balaban J connectivity index is 3.50. The molecule has 1 N–H and O–H groups in total. The van der Waals surface area contributed by atoms with Crippen LogP contribution in [0.25, 0.3) is 0 Å². The van der Waals surface area contributed by atoms with Crippen LogP contribution in [0.1, 0.15) is 207 Å². The van der Waals surface area contributed by atoms with Gasteiger partial charge in [-0.3, -0.25) is 9.59 Å². The molecule has 5 nitrogen and oxygen atoms in total. The van der Waals surface area contributed by atoms with Gasteiger partial charge in [0.05, 0.1) is 6.61 Å². The van der Waals surface area contributed by atoms with Gasteiger partial charge in [-0.1, -0.05) is 181 Å². The molecule has 0 aliphatic heterocycles. The summed E-state index contributed by atoms with van der Waals surface area (Å²) in [7, 11) is 0. The van der Waals surface area contributed by atoms with E-state index in [4.69, 9.17) is 9.47 Å². The lowest BCUT2D eigenvalue weighted by Gasteiger charge is -2.15. The predicted molar refractivity (Wildman–Crippen MR) is 182 cm³/mol. The van der Waals surface area contributed by atoms with Crippen LogP contribution in [-0.4, -0.2) is 36.4 Å². The second kappa shape index (κ2) is 33.8. The van der Waals surface area contributed by atoms with Gasteiger partial charge in [-0.25, -0.2) is 0 Å². The number of ether oxygens (including phenoxy) is 2. The minimum atomic E-state index is -0.761. The van der Waals surface area contributed by atoms with Crippen LogP contribution in [0, 0.1) is 5.92 Å². The molecule has 256 valence electrons. The first-order chi connectivity index (χ1) is 21.0.